The molecule has 10 heteroatoms. The third kappa shape index (κ3) is 6.94. The van der Waals surface area contributed by atoms with E-state index in [0.29, 0.717) is 42.6 Å². The van der Waals surface area contributed by atoms with Crippen LogP contribution in [-0.4, -0.2) is 58.4 Å². The first kappa shape index (κ1) is 28.1. The van der Waals surface area contributed by atoms with Crippen LogP contribution < -0.4 is 16.6 Å². The van der Waals surface area contributed by atoms with Crippen LogP contribution in [0.1, 0.15) is 45.6 Å². The van der Waals surface area contributed by atoms with Gasteiger partial charge >= 0.3 is 17.8 Å². The summed E-state index contributed by atoms with van der Waals surface area (Å²) in [7, 11) is 0. The minimum atomic E-state index is -0.619. The molecule has 4 rings (SSSR count). The average molecular weight is 537 g/mol. The average Bonchev–Trinajstić information content (AvgIpc) is 2.87. The maximum absolute atomic E-state index is 13.0. The molecule has 0 radical (unpaired) electrons. The number of aromatic amines is 1. The number of esters is 1. The van der Waals surface area contributed by atoms with E-state index < -0.39 is 23.3 Å². The summed E-state index contributed by atoms with van der Waals surface area (Å²) in [4.78, 5) is 55.6. The zero-order valence-electron chi connectivity index (χ0n) is 22.9. The number of nitrogens with one attached hydrogen (secondary N) is 2. The van der Waals surface area contributed by atoms with Crippen molar-refractivity contribution in [3.63, 3.8) is 0 Å². The molecule has 0 spiro atoms. The summed E-state index contributed by atoms with van der Waals surface area (Å²) in [6, 6.07) is 14.4. The zero-order valence-corrected chi connectivity index (χ0v) is 22.9. The van der Waals surface area contributed by atoms with Crippen LogP contribution in [0.5, 0.6) is 0 Å². The van der Waals surface area contributed by atoms with Gasteiger partial charge in [0.25, 0.3) is 5.56 Å². The number of amides is 1. The maximum atomic E-state index is 13.0. The first-order chi connectivity index (χ1) is 18.6. The number of hydrogen-bond donors (Lipinski definition) is 2. The van der Waals surface area contributed by atoms with Crippen LogP contribution >= 0.6 is 0 Å². The summed E-state index contributed by atoms with van der Waals surface area (Å²) in [5.41, 5.74) is 0.609. The van der Waals surface area contributed by atoms with E-state index in [9.17, 15) is 19.2 Å². The van der Waals surface area contributed by atoms with Crippen LogP contribution in [-0.2, 0) is 20.8 Å². The number of anilines is 1. The summed E-state index contributed by atoms with van der Waals surface area (Å²) in [6.45, 7) is 9.17. The van der Waals surface area contributed by atoms with Crippen LogP contribution in [0.2, 0.25) is 0 Å². The van der Waals surface area contributed by atoms with Crippen molar-refractivity contribution in [3.05, 3.63) is 74.9 Å². The predicted octanol–water partition coefficient (Wildman–Crippen LogP) is 3.71. The van der Waals surface area contributed by atoms with E-state index in [1.165, 1.54) is 4.57 Å². The predicted molar refractivity (Wildman–Crippen MR) is 149 cm³/mol. The number of carbonyl (C=O) groups excluding carboxylic acids is 2. The highest BCUT2D eigenvalue weighted by atomic mass is 16.6. The fourth-order valence-corrected chi connectivity index (χ4v) is 5.02. The Balaban J connectivity index is 1.49. The number of para-hydroxylation sites is 1. The standard InChI is InChI=1S/C29H36N4O6/c1-5-38-26(35)23-18-32(15-16-33-25(34)22-11-6-7-12-24(22)31-27(33)36)14-13-21(23)19-9-8-10-20(17-19)30-28(37)39-29(2,3)4/h6-12,17,21,23H,5,13-16,18H2,1-4H3,(H,30,37)(H,31,36)/t21-,23-/m1/s1. The van der Waals surface area contributed by atoms with Gasteiger partial charge in [-0.2, -0.15) is 0 Å². The first-order valence-corrected chi connectivity index (χ1v) is 13.3. The van der Waals surface area contributed by atoms with Crippen molar-refractivity contribution in [1.29, 1.82) is 0 Å². The summed E-state index contributed by atoms with van der Waals surface area (Å²) in [6.07, 6.45) is 0.123. The van der Waals surface area contributed by atoms with E-state index in [1.54, 1.807) is 58.0 Å². The highest BCUT2D eigenvalue weighted by Crippen LogP contribution is 2.35. The molecule has 3 aromatic rings. The summed E-state index contributed by atoms with van der Waals surface area (Å²) < 4.78 is 12.0. The van der Waals surface area contributed by atoms with Gasteiger partial charge in [-0.25, -0.2) is 9.59 Å². The molecule has 208 valence electrons. The lowest BCUT2D eigenvalue weighted by Gasteiger charge is -2.37. The molecule has 0 saturated carbocycles. The summed E-state index contributed by atoms with van der Waals surface area (Å²) in [5, 5.41) is 3.22. The van der Waals surface area contributed by atoms with Crippen molar-refractivity contribution < 1.29 is 19.1 Å². The van der Waals surface area contributed by atoms with E-state index in [0.717, 1.165) is 5.56 Å². The van der Waals surface area contributed by atoms with Gasteiger partial charge < -0.3 is 19.4 Å². The largest absolute Gasteiger partial charge is 0.466 e. The smallest absolute Gasteiger partial charge is 0.412 e. The molecule has 2 N–H and O–H groups in total. The van der Waals surface area contributed by atoms with Gasteiger partial charge in [0.1, 0.15) is 5.60 Å². The fourth-order valence-electron chi connectivity index (χ4n) is 5.02. The van der Waals surface area contributed by atoms with Gasteiger partial charge in [0.15, 0.2) is 0 Å². The monoisotopic (exact) mass is 536 g/mol. The molecule has 2 atom stereocenters. The van der Waals surface area contributed by atoms with Crippen LogP contribution in [0.15, 0.2) is 58.1 Å². The van der Waals surface area contributed by atoms with Gasteiger partial charge in [-0.1, -0.05) is 24.3 Å². The van der Waals surface area contributed by atoms with E-state index in [-0.39, 0.29) is 30.6 Å². The first-order valence-electron chi connectivity index (χ1n) is 13.3. The summed E-state index contributed by atoms with van der Waals surface area (Å²) >= 11 is 0. The lowest BCUT2D eigenvalue weighted by Crippen LogP contribution is -2.46. The second-order valence-corrected chi connectivity index (χ2v) is 10.7. The van der Waals surface area contributed by atoms with Gasteiger partial charge in [0.05, 0.1) is 23.4 Å². The van der Waals surface area contributed by atoms with Gasteiger partial charge in [0, 0.05) is 25.3 Å². The Morgan fingerprint density at radius 2 is 1.85 bits per heavy atom. The van der Waals surface area contributed by atoms with Crippen molar-refractivity contribution >= 4 is 28.7 Å². The Morgan fingerprint density at radius 1 is 1.08 bits per heavy atom. The van der Waals surface area contributed by atoms with Crippen molar-refractivity contribution in [2.75, 3.05) is 31.6 Å². The molecule has 1 aromatic heterocycles. The highest BCUT2D eigenvalue weighted by Gasteiger charge is 2.36. The Hall–Kier alpha value is -3.92. The normalized spacial score (nSPS) is 18.1. The van der Waals surface area contributed by atoms with Crippen LogP contribution in [0.3, 0.4) is 0 Å². The molecular weight excluding hydrogens is 500 g/mol. The maximum Gasteiger partial charge on any atom is 0.412 e. The second kappa shape index (κ2) is 11.9. The fraction of sp³-hybridized carbons (Fsp3) is 0.448. The Morgan fingerprint density at radius 3 is 2.59 bits per heavy atom. The number of nitrogens with zero attached hydrogens (tertiary/aromatic N) is 2. The Bertz CT molecular complexity index is 1450. The molecule has 0 aliphatic carbocycles. The minimum absolute atomic E-state index is 0.118. The quantitative estimate of drug-likeness (QED) is 0.442. The number of ether oxygens (including phenoxy) is 2. The van der Waals surface area contributed by atoms with Crippen LogP contribution in [0, 0.1) is 5.92 Å². The van der Waals surface area contributed by atoms with Gasteiger partial charge in [0.2, 0.25) is 0 Å². The van der Waals surface area contributed by atoms with Crippen molar-refractivity contribution in [2.45, 2.75) is 52.2 Å². The Labute approximate surface area is 226 Å². The molecule has 1 amide bonds. The van der Waals surface area contributed by atoms with Crippen LogP contribution in [0.4, 0.5) is 10.5 Å². The van der Waals surface area contributed by atoms with Crippen LogP contribution in [0.25, 0.3) is 10.9 Å². The van der Waals surface area contributed by atoms with Crippen molar-refractivity contribution in [1.82, 2.24) is 14.5 Å². The molecule has 39 heavy (non-hydrogen) atoms. The molecule has 1 fully saturated rings. The van der Waals surface area contributed by atoms with Gasteiger partial charge in [-0.15, -0.1) is 0 Å². The highest BCUT2D eigenvalue weighted by molar-refractivity contribution is 5.85. The topological polar surface area (TPSA) is 123 Å². The number of benzene rings is 2. The molecule has 1 aliphatic rings. The lowest BCUT2D eigenvalue weighted by atomic mass is 9.80. The van der Waals surface area contributed by atoms with E-state index >= 15 is 0 Å². The van der Waals surface area contributed by atoms with Gasteiger partial charge in [-0.05, 0) is 76.4 Å². The number of likely N-dealkylation sites (tertiary alicyclic amines) is 1. The lowest BCUT2D eigenvalue weighted by molar-refractivity contribution is -0.150. The zero-order chi connectivity index (χ0) is 28.2. The van der Waals surface area contributed by atoms with E-state index in [4.69, 9.17) is 9.47 Å². The number of H-pyrrole nitrogens is 1. The molecule has 2 heterocycles. The summed E-state index contributed by atoms with van der Waals surface area (Å²) in [5.74, 6) is -0.854. The molecule has 1 aliphatic heterocycles. The third-order valence-electron chi connectivity index (χ3n) is 6.78. The second-order valence-electron chi connectivity index (χ2n) is 10.7. The number of rotatable bonds is 7. The third-order valence-corrected chi connectivity index (χ3v) is 6.78. The molecule has 0 unspecified atom stereocenters. The number of hydrogen-bond acceptors (Lipinski definition) is 7. The van der Waals surface area contributed by atoms with E-state index in [1.807, 2.05) is 18.2 Å². The number of piperidine rings is 1. The molecule has 1 saturated heterocycles. The molecule has 10 nitrogen and oxygen atoms in total. The van der Waals surface area contributed by atoms with Crippen molar-refractivity contribution in [3.8, 4) is 0 Å². The number of fused-ring (bicyclic) bond motifs is 1. The number of carbonyl (C=O) groups is 2. The van der Waals surface area contributed by atoms with E-state index in [2.05, 4.69) is 15.2 Å². The molecule has 0 bridgehead atoms. The SMILES string of the molecule is CCOC(=O)[C@@H]1CN(CCn2c(=O)[nH]c3ccccc3c2=O)CC[C@@H]1c1cccc(NC(=O)OC(C)(C)C)c1. The number of aromatic nitrogens is 2. The Kier molecular flexibility index (Phi) is 8.54. The molecular formula is C29H36N4O6. The molecule has 2 aromatic carbocycles. The van der Waals surface area contributed by atoms with Crippen molar-refractivity contribution in [2.24, 2.45) is 5.92 Å². The van der Waals surface area contributed by atoms with Gasteiger partial charge in [-0.3, -0.25) is 19.5 Å². The minimum Gasteiger partial charge on any atom is -0.466 e.